The molecule has 0 N–H and O–H groups in total. The number of aryl methyl sites for hydroxylation is 1. The van der Waals surface area contributed by atoms with Crippen molar-refractivity contribution in [1.82, 2.24) is 14.8 Å². The molecule has 0 aliphatic heterocycles. The Morgan fingerprint density at radius 2 is 2.29 bits per heavy atom. The smallest absolute Gasteiger partial charge is 0.151 e. The fourth-order valence-corrected chi connectivity index (χ4v) is 1.92. The first-order chi connectivity index (χ1) is 6.59. The van der Waals surface area contributed by atoms with Gasteiger partial charge in [-0.25, -0.2) is 8.42 Å². The standard InChI is InChI=1S/C7H12ClN3O2S/c1-2-14(12,13)4-3-11-6-9-10-7(11)5-8/h6H,2-5H2,1H3. The van der Waals surface area contributed by atoms with E-state index in [0.29, 0.717) is 12.4 Å². The number of hydrogen-bond donors (Lipinski definition) is 0. The van der Waals surface area contributed by atoms with Crippen molar-refractivity contribution in [3.8, 4) is 0 Å². The minimum atomic E-state index is -2.94. The summed E-state index contributed by atoms with van der Waals surface area (Å²) in [7, 11) is -2.94. The lowest BCUT2D eigenvalue weighted by Gasteiger charge is -2.03. The molecule has 0 bridgehead atoms. The third-order valence-corrected chi connectivity index (χ3v) is 3.82. The van der Waals surface area contributed by atoms with E-state index < -0.39 is 9.84 Å². The summed E-state index contributed by atoms with van der Waals surface area (Å²) in [5.74, 6) is 1.10. The molecular formula is C7H12ClN3O2S. The average Bonchev–Trinajstić information content (AvgIpc) is 2.62. The Labute approximate surface area is 88.0 Å². The zero-order valence-corrected chi connectivity index (χ0v) is 9.42. The van der Waals surface area contributed by atoms with Crippen molar-refractivity contribution in [2.45, 2.75) is 19.3 Å². The lowest BCUT2D eigenvalue weighted by molar-refractivity contribution is 0.588. The van der Waals surface area contributed by atoms with Gasteiger partial charge < -0.3 is 4.57 Å². The maximum absolute atomic E-state index is 11.2. The Kier molecular flexibility index (Phi) is 3.88. The topological polar surface area (TPSA) is 64.8 Å². The van der Waals surface area contributed by atoms with Crippen LogP contribution in [0.1, 0.15) is 12.7 Å². The number of aromatic nitrogens is 3. The summed E-state index contributed by atoms with van der Waals surface area (Å²) in [4.78, 5) is 0. The molecule has 0 aliphatic rings. The second-order valence-corrected chi connectivity index (χ2v) is 5.55. The van der Waals surface area contributed by atoms with Crippen LogP contribution in [-0.2, 0) is 22.3 Å². The molecule has 1 rings (SSSR count). The van der Waals surface area contributed by atoms with Gasteiger partial charge in [-0.1, -0.05) is 6.92 Å². The van der Waals surface area contributed by atoms with E-state index >= 15 is 0 Å². The molecule has 0 radical (unpaired) electrons. The summed E-state index contributed by atoms with van der Waals surface area (Å²) in [5.41, 5.74) is 0. The van der Waals surface area contributed by atoms with E-state index in [0.717, 1.165) is 0 Å². The van der Waals surface area contributed by atoms with E-state index in [1.807, 2.05) is 0 Å². The lowest BCUT2D eigenvalue weighted by Crippen LogP contribution is -2.15. The van der Waals surface area contributed by atoms with Gasteiger partial charge in [0.25, 0.3) is 0 Å². The Morgan fingerprint density at radius 3 is 2.86 bits per heavy atom. The molecule has 0 atom stereocenters. The van der Waals surface area contributed by atoms with Crippen molar-refractivity contribution in [3.05, 3.63) is 12.2 Å². The van der Waals surface area contributed by atoms with Gasteiger partial charge in [0, 0.05) is 12.3 Å². The van der Waals surface area contributed by atoms with Gasteiger partial charge in [-0.3, -0.25) is 0 Å². The second-order valence-electron chi connectivity index (χ2n) is 2.81. The van der Waals surface area contributed by atoms with Gasteiger partial charge in [0.2, 0.25) is 0 Å². The van der Waals surface area contributed by atoms with Crippen LogP contribution in [0.3, 0.4) is 0 Å². The summed E-state index contributed by atoms with van der Waals surface area (Å²) in [6, 6.07) is 0. The van der Waals surface area contributed by atoms with Crippen molar-refractivity contribution in [2.24, 2.45) is 0 Å². The molecule has 1 aromatic rings. The fraction of sp³-hybridized carbons (Fsp3) is 0.714. The molecule has 0 saturated carbocycles. The molecule has 0 saturated heterocycles. The van der Waals surface area contributed by atoms with Gasteiger partial charge >= 0.3 is 0 Å². The van der Waals surface area contributed by atoms with Crippen molar-refractivity contribution < 1.29 is 8.42 Å². The van der Waals surface area contributed by atoms with Gasteiger partial charge in [0.1, 0.15) is 12.2 Å². The first-order valence-electron chi connectivity index (χ1n) is 4.22. The van der Waals surface area contributed by atoms with Gasteiger partial charge in [0.15, 0.2) is 9.84 Å². The Hall–Kier alpha value is -0.620. The van der Waals surface area contributed by atoms with Crippen molar-refractivity contribution >= 4 is 21.4 Å². The van der Waals surface area contributed by atoms with E-state index in [1.54, 1.807) is 11.5 Å². The van der Waals surface area contributed by atoms with Crippen LogP contribution in [0.25, 0.3) is 0 Å². The maximum Gasteiger partial charge on any atom is 0.151 e. The molecule has 0 spiro atoms. The molecule has 5 nitrogen and oxygen atoms in total. The first-order valence-corrected chi connectivity index (χ1v) is 6.57. The molecule has 1 aromatic heterocycles. The molecule has 0 aliphatic carbocycles. The van der Waals surface area contributed by atoms with Crippen LogP contribution in [0.4, 0.5) is 0 Å². The van der Waals surface area contributed by atoms with Crippen LogP contribution in [0.2, 0.25) is 0 Å². The predicted molar refractivity (Wildman–Crippen MR) is 53.9 cm³/mol. The largest absolute Gasteiger partial charge is 0.316 e. The van der Waals surface area contributed by atoms with Crippen molar-refractivity contribution in [2.75, 3.05) is 11.5 Å². The predicted octanol–water partition coefficient (Wildman–Crippen LogP) is 0.452. The molecule has 0 fully saturated rings. The summed E-state index contributed by atoms with van der Waals surface area (Å²) in [6.07, 6.45) is 1.49. The average molecular weight is 238 g/mol. The number of halogens is 1. The van der Waals surface area contributed by atoms with Gasteiger partial charge in [-0.2, -0.15) is 0 Å². The van der Waals surface area contributed by atoms with E-state index in [9.17, 15) is 8.42 Å². The zero-order valence-electron chi connectivity index (χ0n) is 7.85. The summed E-state index contributed by atoms with van der Waals surface area (Å²) in [6.45, 7) is 2.00. The molecule has 7 heteroatoms. The monoisotopic (exact) mass is 237 g/mol. The Bertz CT molecular complexity index is 387. The normalized spacial score (nSPS) is 11.9. The maximum atomic E-state index is 11.2. The molecule has 0 aromatic carbocycles. The van der Waals surface area contributed by atoms with Crippen LogP contribution in [0.5, 0.6) is 0 Å². The minimum absolute atomic E-state index is 0.103. The lowest BCUT2D eigenvalue weighted by atomic mass is 10.6. The Morgan fingerprint density at radius 1 is 1.57 bits per heavy atom. The summed E-state index contributed by atoms with van der Waals surface area (Å²) < 4.78 is 24.1. The second kappa shape index (κ2) is 4.75. The molecule has 1 heterocycles. The van der Waals surface area contributed by atoms with Crippen LogP contribution >= 0.6 is 11.6 Å². The Balaban J connectivity index is 2.62. The minimum Gasteiger partial charge on any atom is -0.316 e. The number of hydrogen-bond acceptors (Lipinski definition) is 4. The fourth-order valence-electron chi connectivity index (χ4n) is 0.951. The first kappa shape index (κ1) is 11.5. The van der Waals surface area contributed by atoms with Crippen LogP contribution < -0.4 is 0 Å². The van der Waals surface area contributed by atoms with Gasteiger partial charge in [-0.05, 0) is 0 Å². The quantitative estimate of drug-likeness (QED) is 0.698. The van der Waals surface area contributed by atoms with Crippen molar-refractivity contribution in [3.63, 3.8) is 0 Å². The van der Waals surface area contributed by atoms with Gasteiger partial charge in [0.05, 0.1) is 11.6 Å². The number of nitrogens with zero attached hydrogens (tertiary/aromatic N) is 3. The SMILES string of the molecule is CCS(=O)(=O)CCn1cnnc1CCl. The van der Waals surface area contributed by atoms with E-state index in [4.69, 9.17) is 11.6 Å². The highest BCUT2D eigenvalue weighted by atomic mass is 35.5. The number of sulfone groups is 1. The van der Waals surface area contributed by atoms with E-state index in [1.165, 1.54) is 6.33 Å². The molecule has 0 amide bonds. The molecular weight excluding hydrogens is 226 g/mol. The number of alkyl halides is 1. The molecule has 80 valence electrons. The van der Waals surface area contributed by atoms with Crippen LogP contribution in [-0.4, -0.2) is 34.7 Å². The van der Waals surface area contributed by atoms with E-state index in [-0.39, 0.29) is 17.4 Å². The third-order valence-electron chi connectivity index (χ3n) is 1.90. The van der Waals surface area contributed by atoms with Crippen molar-refractivity contribution in [1.29, 1.82) is 0 Å². The molecule has 14 heavy (non-hydrogen) atoms. The van der Waals surface area contributed by atoms with Gasteiger partial charge in [-0.15, -0.1) is 21.8 Å². The highest BCUT2D eigenvalue weighted by molar-refractivity contribution is 7.91. The third kappa shape index (κ3) is 2.95. The van der Waals surface area contributed by atoms with Crippen LogP contribution in [0.15, 0.2) is 6.33 Å². The zero-order chi connectivity index (χ0) is 10.6. The number of rotatable bonds is 5. The summed E-state index contributed by atoms with van der Waals surface area (Å²) in [5, 5.41) is 7.40. The highest BCUT2D eigenvalue weighted by Crippen LogP contribution is 2.00. The van der Waals surface area contributed by atoms with E-state index in [2.05, 4.69) is 10.2 Å². The van der Waals surface area contributed by atoms with Crippen LogP contribution in [0, 0.1) is 0 Å². The summed E-state index contributed by atoms with van der Waals surface area (Å²) >= 11 is 5.58. The highest BCUT2D eigenvalue weighted by Gasteiger charge is 2.09. The molecule has 0 unspecified atom stereocenters.